The molecule has 14 heavy (non-hydrogen) atoms. The minimum Gasteiger partial charge on any atom is -0.480 e. The quantitative estimate of drug-likeness (QED) is 0.705. The summed E-state index contributed by atoms with van der Waals surface area (Å²) in [5, 5.41) is 8.75. The van der Waals surface area contributed by atoms with E-state index in [1.165, 1.54) is 5.57 Å². The van der Waals surface area contributed by atoms with E-state index < -0.39 is 5.97 Å². The summed E-state index contributed by atoms with van der Waals surface area (Å²) in [6, 6.07) is 0. The molecule has 0 unspecified atom stereocenters. The number of carboxylic acid groups (broad SMARTS) is 1. The van der Waals surface area contributed by atoms with Gasteiger partial charge in [0.25, 0.3) is 0 Å². The highest BCUT2D eigenvalue weighted by Gasteiger charge is 2.22. The lowest BCUT2D eigenvalue weighted by Crippen LogP contribution is -2.44. The van der Waals surface area contributed by atoms with E-state index in [2.05, 4.69) is 0 Å². The van der Waals surface area contributed by atoms with E-state index in [9.17, 15) is 4.79 Å². The third kappa shape index (κ3) is 5.75. The van der Waals surface area contributed by atoms with Crippen molar-refractivity contribution in [3.63, 3.8) is 0 Å². The Morgan fingerprint density at radius 1 is 1.36 bits per heavy atom. The van der Waals surface area contributed by atoms with Crippen LogP contribution in [0.3, 0.4) is 0 Å². The molecule has 3 nitrogen and oxygen atoms in total. The Morgan fingerprint density at radius 3 is 2.14 bits per heavy atom. The van der Waals surface area contributed by atoms with Gasteiger partial charge >= 0.3 is 5.97 Å². The summed E-state index contributed by atoms with van der Waals surface area (Å²) in [4.78, 5) is 12.6. The van der Waals surface area contributed by atoms with E-state index in [1.807, 2.05) is 45.6 Å². The van der Waals surface area contributed by atoms with E-state index in [0.29, 0.717) is 6.54 Å². The number of hydrogen-bond acceptors (Lipinski definition) is 2. The summed E-state index contributed by atoms with van der Waals surface area (Å²) in [6.45, 7) is 10.9. The molecule has 3 heteroatoms. The number of carbonyl (C=O) groups is 1. The van der Waals surface area contributed by atoms with E-state index >= 15 is 0 Å². The number of hydrogen-bond donors (Lipinski definition) is 1. The Labute approximate surface area is 86.4 Å². The van der Waals surface area contributed by atoms with E-state index in [-0.39, 0.29) is 12.1 Å². The molecule has 0 radical (unpaired) electrons. The first-order valence-corrected chi connectivity index (χ1v) is 4.83. The zero-order valence-corrected chi connectivity index (χ0v) is 9.79. The van der Waals surface area contributed by atoms with Crippen molar-refractivity contribution in [1.82, 2.24) is 4.90 Å². The van der Waals surface area contributed by atoms with Gasteiger partial charge in [0.1, 0.15) is 0 Å². The van der Waals surface area contributed by atoms with Gasteiger partial charge in [0.15, 0.2) is 0 Å². The van der Waals surface area contributed by atoms with Crippen molar-refractivity contribution in [3.05, 3.63) is 11.6 Å². The predicted molar refractivity (Wildman–Crippen MR) is 58.4 cm³/mol. The lowest BCUT2D eigenvalue weighted by molar-refractivity contribution is -0.139. The van der Waals surface area contributed by atoms with Crippen molar-refractivity contribution in [2.45, 2.75) is 40.2 Å². The van der Waals surface area contributed by atoms with Crippen LogP contribution in [0, 0.1) is 0 Å². The Balaban J connectivity index is 4.41. The summed E-state index contributed by atoms with van der Waals surface area (Å²) >= 11 is 0. The van der Waals surface area contributed by atoms with Gasteiger partial charge in [0.2, 0.25) is 0 Å². The van der Waals surface area contributed by atoms with Crippen LogP contribution in [0.2, 0.25) is 0 Å². The van der Waals surface area contributed by atoms with Crippen molar-refractivity contribution < 1.29 is 9.90 Å². The monoisotopic (exact) mass is 199 g/mol. The van der Waals surface area contributed by atoms with Crippen molar-refractivity contribution in [2.75, 3.05) is 13.1 Å². The molecule has 0 amide bonds. The molecule has 0 atom stereocenters. The number of aliphatic carboxylic acids is 1. The minimum atomic E-state index is -0.776. The number of carboxylic acids is 1. The maximum atomic E-state index is 10.6. The number of nitrogens with zero attached hydrogens (tertiary/aromatic N) is 1. The van der Waals surface area contributed by atoms with Gasteiger partial charge in [-0.25, -0.2) is 0 Å². The second kappa shape index (κ2) is 5.15. The van der Waals surface area contributed by atoms with Crippen LogP contribution in [0.5, 0.6) is 0 Å². The standard InChI is InChI=1S/C11H21NO2/c1-9(2)6-7-12(8-10(13)14)11(3,4)5/h6H,7-8H2,1-5H3,(H,13,14). The molecule has 0 aromatic heterocycles. The minimum absolute atomic E-state index is 0.0906. The first kappa shape index (κ1) is 13.2. The zero-order valence-electron chi connectivity index (χ0n) is 9.79. The van der Waals surface area contributed by atoms with Crippen LogP contribution in [-0.4, -0.2) is 34.6 Å². The van der Waals surface area contributed by atoms with E-state index in [1.54, 1.807) is 0 Å². The van der Waals surface area contributed by atoms with E-state index in [4.69, 9.17) is 5.11 Å². The van der Waals surface area contributed by atoms with Gasteiger partial charge in [-0.15, -0.1) is 0 Å². The Kier molecular flexibility index (Phi) is 4.85. The molecule has 0 bridgehead atoms. The van der Waals surface area contributed by atoms with Crippen molar-refractivity contribution in [3.8, 4) is 0 Å². The SMILES string of the molecule is CC(C)=CCN(CC(=O)O)C(C)(C)C. The topological polar surface area (TPSA) is 40.5 Å². The van der Waals surface area contributed by atoms with Gasteiger partial charge in [0.05, 0.1) is 6.54 Å². The molecule has 1 N–H and O–H groups in total. The number of rotatable bonds is 4. The van der Waals surface area contributed by atoms with Crippen molar-refractivity contribution >= 4 is 5.97 Å². The molecule has 0 heterocycles. The van der Waals surface area contributed by atoms with Gasteiger partial charge in [-0.05, 0) is 34.6 Å². The highest BCUT2D eigenvalue weighted by molar-refractivity contribution is 5.69. The Morgan fingerprint density at radius 2 is 1.86 bits per heavy atom. The second-order valence-corrected chi connectivity index (χ2v) is 4.73. The molecule has 0 fully saturated rings. The molecule has 82 valence electrons. The van der Waals surface area contributed by atoms with Crippen LogP contribution in [0.15, 0.2) is 11.6 Å². The third-order valence-corrected chi connectivity index (χ3v) is 1.99. The molecular weight excluding hydrogens is 178 g/mol. The van der Waals surface area contributed by atoms with Gasteiger partial charge in [0, 0.05) is 12.1 Å². The molecule has 0 aliphatic carbocycles. The van der Waals surface area contributed by atoms with Crippen molar-refractivity contribution in [1.29, 1.82) is 0 Å². The molecule has 0 aromatic carbocycles. The van der Waals surface area contributed by atoms with Crippen LogP contribution in [0.1, 0.15) is 34.6 Å². The summed E-state index contributed by atoms with van der Waals surface area (Å²) in [5.41, 5.74) is 1.11. The van der Waals surface area contributed by atoms with Crippen molar-refractivity contribution in [2.24, 2.45) is 0 Å². The molecule has 0 saturated heterocycles. The first-order valence-electron chi connectivity index (χ1n) is 4.83. The summed E-state index contributed by atoms with van der Waals surface area (Å²) < 4.78 is 0. The molecule has 0 rings (SSSR count). The summed E-state index contributed by atoms with van der Waals surface area (Å²) in [5.74, 6) is -0.776. The van der Waals surface area contributed by atoms with Crippen LogP contribution in [-0.2, 0) is 4.79 Å². The average Bonchev–Trinajstić information content (AvgIpc) is 1.94. The highest BCUT2D eigenvalue weighted by atomic mass is 16.4. The van der Waals surface area contributed by atoms with Gasteiger partial charge in [-0.3, -0.25) is 9.69 Å². The van der Waals surface area contributed by atoms with E-state index in [0.717, 1.165) is 0 Å². The average molecular weight is 199 g/mol. The molecule has 0 aliphatic rings. The molecular formula is C11H21NO2. The van der Waals surface area contributed by atoms with Crippen LogP contribution in [0.4, 0.5) is 0 Å². The molecule has 0 aromatic rings. The number of allylic oxidation sites excluding steroid dienone is 1. The fourth-order valence-corrected chi connectivity index (χ4v) is 1.03. The van der Waals surface area contributed by atoms with Gasteiger partial charge in [-0.2, -0.15) is 0 Å². The van der Waals surface area contributed by atoms with Gasteiger partial charge in [-0.1, -0.05) is 11.6 Å². The normalized spacial score (nSPS) is 11.6. The summed E-state index contributed by atoms with van der Waals surface area (Å²) in [7, 11) is 0. The maximum Gasteiger partial charge on any atom is 0.317 e. The second-order valence-electron chi connectivity index (χ2n) is 4.73. The molecule has 0 saturated carbocycles. The predicted octanol–water partition coefficient (Wildman–Crippen LogP) is 2.14. The zero-order chi connectivity index (χ0) is 11.4. The Bertz CT molecular complexity index is 222. The lowest BCUT2D eigenvalue weighted by Gasteiger charge is -2.33. The summed E-state index contributed by atoms with van der Waals surface area (Å²) in [6.07, 6.45) is 2.05. The molecule has 0 spiro atoms. The third-order valence-electron chi connectivity index (χ3n) is 1.99. The molecule has 0 aliphatic heterocycles. The van der Waals surface area contributed by atoms with Crippen LogP contribution in [0.25, 0.3) is 0 Å². The lowest BCUT2D eigenvalue weighted by atomic mass is 10.1. The van der Waals surface area contributed by atoms with Gasteiger partial charge < -0.3 is 5.11 Å². The largest absolute Gasteiger partial charge is 0.480 e. The fraction of sp³-hybridized carbons (Fsp3) is 0.727. The smallest absolute Gasteiger partial charge is 0.317 e. The van der Waals surface area contributed by atoms with Crippen LogP contribution >= 0.6 is 0 Å². The fourth-order valence-electron chi connectivity index (χ4n) is 1.03. The maximum absolute atomic E-state index is 10.6. The highest BCUT2D eigenvalue weighted by Crippen LogP contribution is 2.12. The Hall–Kier alpha value is -0.830. The van der Waals surface area contributed by atoms with Crippen LogP contribution < -0.4 is 0 Å². The first-order chi connectivity index (χ1) is 6.23.